The van der Waals surface area contributed by atoms with Crippen molar-refractivity contribution in [2.24, 2.45) is 0 Å². The Kier molecular flexibility index (Phi) is 3.83. The molecule has 0 amide bonds. The highest BCUT2D eigenvalue weighted by Gasteiger charge is 2.16. The lowest BCUT2D eigenvalue weighted by Crippen LogP contribution is -1.93. The number of rotatable bonds is 3. The topological polar surface area (TPSA) is 47.1 Å². The van der Waals surface area contributed by atoms with Crippen LogP contribution >= 0.6 is 15.9 Å². The van der Waals surface area contributed by atoms with Gasteiger partial charge in [-0.3, -0.25) is 0 Å². The summed E-state index contributed by atoms with van der Waals surface area (Å²) in [6, 6.07) is 8.06. The van der Waals surface area contributed by atoms with Crippen molar-refractivity contribution >= 4 is 27.0 Å². The number of hydrogen-bond acceptors (Lipinski definition) is 3. The van der Waals surface area contributed by atoms with Crippen molar-refractivity contribution in [2.45, 2.75) is 13.8 Å². The van der Waals surface area contributed by atoms with Crippen LogP contribution in [0.2, 0.25) is 0 Å². The number of ether oxygens (including phenoxy) is 2. The second-order valence-corrected chi connectivity index (χ2v) is 5.99. The molecule has 2 aromatic carbocycles. The fraction of sp³-hybridized carbons (Fsp3) is 0.235. The zero-order chi connectivity index (χ0) is 15.9. The minimum absolute atomic E-state index is 0.660. The summed E-state index contributed by atoms with van der Waals surface area (Å²) in [7, 11) is 3.24. The second-order valence-electron chi connectivity index (χ2n) is 5.20. The van der Waals surface area contributed by atoms with Crippen molar-refractivity contribution < 1.29 is 9.47 Å². The lowest BCUT2D eigenvalue weighted by atomic mass is 10.1. The Bertz CT molecular complexity index is 816. The number of nitrogens with one attached hydrogen (secondary N) is 1. The highest BCUT2D eigenvalue weighted by atomic mass is 79.9. The third-order valence-corrected chi connectivity index (χ3v) is 4.62. The SMILES string of the molecule is COc1ccc(-c2nc3cc(C)c(C)cc3[nH]2)c(Br)c1OC. The van der Waals surface area contributed by atoms with Gasteiger partial charge in [0.25, 0.3) is 0 Å². The van der Waals surface area contributed by atoms with Gasteiger partial charge in [-0.1, -0.05) is 0 Å². The Morgan fingerprint density at radius 1 is 1.05 bits per heavy atom. The van der Waals surface area contributed by atoms with Gasteiger partial charge >= 0.3 is 0 Å². The van der Waals surface area contributed by atoms with Crippen molar-refractivity contribution in [2.75, 3.05) is 14.2 Å². The number of imidazole rings is 1. The summed E-state index contributed by atoms with van der Waals surface area (Å²) in [5.74, 6) is 2.14. The summed E-state index contributed by atoms with van der Waals surface area (Å²) in [4.78, 5) is 8.07. The molecule has 0 aliphatic rings. The molecule has 1 N–H and O–H groups in total. The fourth-order valence-electron chi connectivity index (χ4n) is 2.47. The molecule has 0 spiro atoms. The van der Waals surface area contributed by atoms with E-state index in [0.717, 1.165) is 26.9 Å². The summed E-state index contributed by atoms with van der Waals surface area (Å²) in [5.41, 5.74) is 5.40. The van der Waals surface area contributed by atoms with Gasteiger partial charge in [-0.25, -0.2) is 4.98 Å². The maximum Gasteiger partial charge on any atom is 0.175 e. The molecule has 0 aliphatic heterocycles. The molecule has 5 heteroatoms. The lowest BCUT2D eigenvalue weighted by molar-refractivity contribution is 0.353. The van der Waals surface area contributed by atoms with Crippen molar-refractivity contribution in [3.63, 3.8) is 0 Å². The Labute approximate surface area is 137 Å². The summed E-state index contributed by atoms with van der Waals surface area (Å²) in [5, 5.41) is 0. The third kappa shape index (κ3) is 2.35. The van der Waals surface area contributed by atoms with E-state index in [2.05, 4.69) is 46.9 Å². The molecule has 0 unspecified atom stereocenters. The van der Waals surface area contributed by atoms with Gasteiger partial charge in [0.05, 0.1) is 29.7 Å². The number of methoxy groups -OCH3 is 2. The molecular weight excluding hydrogens is 344 g/mol. The molecule has 1 heterocycles. The average Bonchev–Trinajstić information content (AvgIpc) is 2.89. The van der Waals surface area contributed by atoms with Gasteiger partial charge in [-0.15, -0.1) is 0 Å². The van der Waals surface area contributed by atoms with E-state index in [1.165, 1.54) is 11.1 Å². The van der Waals surface area contributed by atoms with Gasteiger partial charge in [-0.05, 0) is 65.2 Å². The van der Waals surface area contributed by atoms with Gasteiger partial charge in [0.2, 0.25) is 0 Å². The Balaban J connectivity index is 2.19. The molecule has 1 aromatic heterocycles. The maximum atomic E-state index is 5.43. The molecule has 0 radical (unpaired) electrons. The van der Waals surface area contributed by atoms with Crippen LogP contribution in [0.25, 0.3) is 22.4 Å². The quantitative estimate of drug-likeness (QED) is 0.740. The standard InChI is InChI=1S/C17H17BrN2O2/c1-9-7-12-13(8-10(9)2)20-17(19-12)11-5-6-14(21-3)16(22-4)15(11)18/h5-8H,1-4H3,(H,19,20). The van der Waals surface area contributed by atoms with E-state index < -0.39 is 0 Å². The largest absolute Gasteiger partial charge is 0.493 e. The van der Waals surface area contributed by atoms with Crippen molar-refractivity contribution in [3.8, 4) is 22.9 Å². The molecule has 22 heavy (non-hydrogen) atoms. The van der Waals surface area contributed by atoms with Crippen LogP contribution in [0.3, 0.4) is 0 Å². The molecule has 114 valence electrons. The summed E-state index contributed by atoms with van der Waals surface area (Å²) >= 11 is 3.59. The first-order chi connectivity index (χ1) is 10.5. The van der Waals surface area contributed by atoms with Crippen LogP contribution in [-0.4, -0.2) is 24.2 Å². The normalized spacial score (nSPS) is 11.0. The van der Waals surface area contributed by atoms with E-state index in [0.29, 0.717) is 11.5 Å². The van der Waals surface area contributed by atoms with Crippen molar-refractivity contribution in [1.82, 2.24) is 9.97 Å². The van der Waals surface area contributed by atoms with E-state index in [-0.39, 0.29) is 0 Å². The summed E-state index contributed by atoms with van der Waals surface area (Å²) < 4.78 is 11.6. The van der Waals surface area contributed by atoms with Crippen molar-refractivity contribution in [3.05, 3.63) is 39.9 Å². The van der Waals surface area contributed by atoms with Gasteiger partial charge < -0.3 is 14.5 Å². The van der Waals surface area contributed by atoms with Crippen LogP contribution in [0.1, 0.15) is 11.1 Å². The van der Waals surface area contributed by atoms with Crippen LogP contribution < -0.4 is 9.47 Å². The highest BCUT2D eigenvalue weighted by Crippen LogP contribution is 2.41. The monoisotopic (exact) mass is 360 g/mol. The molecule has 3 rings (SSSR count). The molecular formula is C17H17BrN2O2. The number of aromatic nitrogens is 2. The zero-order valence-corrected chi connectivity index (χ0v) is 14.5. The van der Waals surface area contributed by atoms with Crippen LogP contribution in [-0.2, 0) is 0 Å². The number of benzene rings is 2. The van der Waals surface area contributed by atoms with E-state index in [4.69, 9.17) is 14.5 Å². The van der Waals surface area contributed by atoms with Crippen LogP contribution in [0.4, 0.5) is 0 Å². The first-order valence-electron chi connectivity index (χ1n) is 6.93. The highest BCUT2D eigenvalue weighted by molar-refractivity contribution is 9.10. The van der Waals surface area contributed by atoms with Crippen LogP contribution in [0.15, 0.2) is 28.7 Å². The molecule has 4 nitrogen and oxygen atoms in total. The zero-order valence-electron chi connectivity index (χ0n) is 13.0. The Morgan fingerprint density at radius 2 is 1.77 bits per heavy atom. The predicted octanol–water partition coefficient (Wildman–Crippen LogP) is 4.63. The van der Waals surface area contributed by atoms with Gasteiger partial charge in [0.1, 0.15) is 5.82 Å². The average molecular weight is 361 g/mol. The maximum absolute atomic E-state index is 5.43. The first kappa shape index (κ1) is 14.9. The Hall–Kier alpha value is -2.01. The molecule has 0 atom stereocenters. The number of fused-ring (bicyclic) bond motifs is 1. The molecule has 0 saturated carbocycles. The number of halogens is 1. The van der Waals surface area contributed by atoms with E-state index >= 15 is 0 Å². The second kappa shape index (κ2) is 5.65. The number of aryl methyl sites for hydroxylation is 2. The predicted molar refractivity (Wildman–Crippen MR) is 91.8 cm³/mol. The minimum Gasteiger partial charge on any atom is -0.493 e. The van der Waals surface area contributed by atoms with Crippen LogP contribution in [0.5, 0.6) is 11.5 Å². The number of hydrogen-bond donors (Lipinski definition) is 1. The third-order valence-electron chi connectivity index (χ3n) is 3.84. The number of aromatic amines is 1. The number of H-pyrrole nitrogens is 1. The van der Waals surface area contributed by atoms with Crippen molar-refractivity contribution in [1.29, 1.82) is 0 Å². The first-order valence-corrected chi connectivity index (χ1v) is 7.72. The molecule has 0 bridgehead atoms. The van der Waals surface area contributed by atoms with Gasteiger partial charge in [0, 0.05) is 5.56 Å². The number of nitrogens with zero attached hydrogens (tertiary/aromatic N) is 1. The molecule has 3 aromatic rings. The molecule has 0 fully saturated rings. The summed E-state index contributed by atoms with van der Waals surface area (Å²) in [6.07, 6.45) is 0. The Morgan fingerprint density at radius 3 is 2.45 bits per heavy atom. The minimum atomic E-state index is 0.660. The molecule has 0 aliphatic carbocycles. The van der Waals surface area contributed by atoms with E-state index in [9.17, 15) is 0 Å². The fourth-order valence-corrected chi connectivity index (χ4v) is 3.15. The summed E-state index contributed by atoms with van der Waals surface area (Å²) in [6.45, 7) is 4.19. The van der Waals surface area contributed by atoms with E-state index in [1.54, 1.807) is 14.2 Å². The van der Waals surface area contributed by atoms with Gasteiger partial charge in [-0.2, -0.15) is 0 Å². The molecule has 0 saturated heterocycles. The van der Waals surface area contributed by atoms with E-state index in [1.807, 2.05) is 12.1 Å². The lowest BCUT2D eigenvalue weighted by Gasteiger charge is -2.11. The smallest absolute Gasteiger partial charge is 0.175 e. The van der Waals surface area contributed by atoms with Gasteiger partial charge in [0.15, 0.2) is 11.5 Å². The van der Waals surface area contributed by atoms with Crippen LogP contribution in [0, 0.1) is 13.8 Å².